The summed E-state index contributed by atoms with van der Waals surface area (Å²) in [6, 6.07) is 9.93. The van der Waals surface area contributed by atoms with E-state index in [0.29, 0.717) is 17.8 Å². The summed E-state index contributed by atoms with van der Waals surface area (Å²) < 4.78 is 13.9. The Balaban J connectivity index is 1.37. The zero-order valence-electron chi connectivity index (χ0n) is 23.8. The fourth-order valence-corrected chi connectivity index (χ4v) is 10.7. The molecule has 10 unspecified atom stereocenters. The van der Waals surface area contributed by atoms with E-state index in [-0.39, 0.29) is 22.2 Å². The molecule has 10 atom stereocenters. The maximum atomic E-state index is 13.9. The average molecular weight is 527 g/mol. The minimum Gasteiger partial charge on any atom is -0.393 e. The van der Waals surface area contributed by atoms with Gasteiger partial charge in [-0.3, -0.25) is 4.21 Å². The van der Waals surface area contributed by atoms with E-state index in [2.05, 4.69) is 40.7 Å². The van der Waals surface area contributed by atoms with Gasteiger partial charge in [-0.15, -0.1) is 0 Å². The van der Waals surface area contributed by atoms with Gasteiger partial charge in [0.2, 0.25) is 0 Å². The summed E-state index contributed by atoms with van der Waals surface area (Å²) in [4.78, 5) is 0.898. The summed E-state index contributed by atoms with van der Waals surface area (Å²) in [7, 11) is -1.12. The average Bonchev–Trinajstić information content (AvgIpc) is 3.19. The van der Waals surface area contributed by atoms with E-state index < -0.39 is 16.9 Å². The summed E-state index contributed by atoms with van der Waals surface area (Å²) >= 11 is 0. The van der Waals surface area contributed by atoms with Crippen LogP contribution in [0.2, 0.25) is 0 Å². The van der Waals surface area contributed by atoms with Crippen LogP contribution in [0.25, 0.3) is 0 Å². The Morgan fingerprint density at radius 2 is 1.76 bits per heavy atom. The molecule has 0 radical (unpaired) electrons. The van der Waals surface area contributed by atoms with Crippen molar-refractivity contribution < 1.29 is 14.4 Å². The van der Waals surface area contributed by atoms with Gasteiger partial charge in [0.1, 0.15) is 0 Å². The van der Waals surface area contributed by atoms with Gasteiger partial charge in [0.15, 0.2) is 0 Å². The topological polar surface area (TPSA) is 57.5 Å². The quantitative estimate of drug-likeness (QED) is 0.383. The molecule has 0 amide bonds. The first-order chi connectivity index (χ1) is 17.4. The molecule has 0 aromatic heterocycles. The molecular formula is C33H50O3S. The molecule has 3 nitrogen and oxygen atoms in total. The minimum atomic E-state index is -1.12. The van der Waals surface area contributed by atoms with Crippen LogP contribution in [-0.2, 0) is 10.8 Å². The number of aliphatic hydroxyl groups is 2. The second kappa shape index (κ2) is 10.2. The van der Waals surface area contributed by atoms with Crippen molar-refractivity contribution in [3.63, 3.8) is 0 Å². The molecule has 3 fully saturated rings. The highest BCUT2D eigenvalue weighted by Gasteiger charge is 2.58. The molecule has 206 valence electrons. The highest BCUT2D eigenvalue weighted by molar-refractivity contribution is 7.85. The van der Waals surface area contributed by atoms with Crippen LogP contribution < -0.4 is 0 Å². The third-order valence-electron chi connectivity index (χ3n) is 11.6. The third-order valence-corrected chi connectivity index (χ3v) is 13.3. The fraction of sp³-hybridized carbons (Fsp3) is 0.758. The van der Waals surface area contributed by atoms with Crippen LogP contribution >= 0.6 is 0 Å². The number of hydrogen-bond acceptors (Lipinski definition) is 3. The first kappa shape index (κ1) is 27.6. The molecule has 0 aliphatic heterocycles. The predicted molar refractivity (Wildman–Crippen MR) is 153 cm³/mol. The molecule has 37 heavy (non-hydrogen) atoms. The lowest BCUT2D eigenvalue weighted by molar-refractivity contribution is -0.0512. The zero-order valence-corrected chi connectivity index (χ0v) is 24.6. The Hall–Kier alpha value is -0.970. The van der Waals surface area contributed by atoms with Crippen LogP contribution in [0.3, 0.4) is 0 Å². The van der Waals surface area contributed by atoms with Crippen LogP contribution in [0.1, 0.15) is 98.8 Å². The Bertz CT molecular complexity index is 1010. The predicted octanol–water partition coefficient (Wildman–Crippen LogP) is 7.29. The van der Waals surface area contributed by atoms with Crippen molar-refractivity contribution in [2.75, 3.05) is 0 Å². The molecule has 2 N–H and O–H groups in total. The summed E-state index contributed by atoms with van der Waals surface area (Å²) in [6.45, 7) is 11.3. The van der Waals surface area contributed by atoms with Crippen LogP contribution in [0.4, 0.5) is 0 Å². The van der Waals surface area contributed by atoms with Crippen molar-refractivity contribution in [1.29, 1.82) is 0 Å². The molecule has 0 spiro atoms. The summed E-state index contributed by atoms with van der Waals surface area (Å²) in [5.41, 5.74) is 1.90. The largest absolute Gasteiger partial charge is 0.393 e. The Labute approximate surface area is 228 Å². The zero-order chi connectivity index (χ0) is 26.6. The number of hydrogen-bond donors (Lipinski definition) is 2. The van der Waals surface area contributed by atoms with Gasteiger partial charge in [0, 0.05) is 10.1 Å². The highest BCUT2D eigenvalue weighted by atomic mass is 32.2. The first-order valence-corrected chi connectivity index (χ1v) is 16.2. The van der Waals surface area contributed by atoms with E-state index in [0.717, 1.165) is 48.3 Å². The molecule has 4 aliphatic rings. The van der Waals surface area contributed by atoms with E-state index in [9.17, 15) is 14.4 Å². The Morgan fingerprint density at radius 3 is 2.46 bits per heavy atom. The van der Waals surface area contributed by atoms with Gasteiger partial charge >= 0.3 is 0 Å². The number of aliphatic hydroxyl groups excluding tert-OH is 2. The standard InChI is InChI=1S/C33H50O3S/c1-31(2,3)30(35)21-26(37(36)25-9-7-6-8-10-25)20-23-12-14-28-27-13-11-22-19-24(34)15-17-32(22,4)29(27)16-18-33(23,28)5/h6-11,23-24,26-30,34-35H,12-21H2,1-5H3. The van der Waals surface area contributed by atoms with Gasteiger partial charge in [0.05, 0.1) is 23.0 Å². The van der Waals surface area contributed by atoms with Crippen molar-refractivity contribution in [2.24, 2.45) is 39.9 Å². The molecule has 4 aliphatic carbocycles. The van der Waals surface area contributed by atoms with Crippen molar-refractivity contribution >= 4 is 10.8 Å². The van der Waals surface area contributed by atoms with Crippen LogP contribution in [0.5, 0.6) is 0 Å². The Morgan fingerprint density at radius 1 is 1.03 bits per heavy atom. The van der Waals surface area contributed by atoms with Crippen molar-refractivity contribution in [2.45, 2.75) is 121 Å². The summed E-state index contributed by atoms with van der Waals surface area (Å²) in [5, 5.41) is 21.4. The summed E-state index contributed by atoms with van der Waals surface area (Å²) in [6.07, 6.45) is 12.7. The van der Waals surface area contributed by atoms with E-state index in [1.54, 1.807) is 5.57 Å². The number of rotatable bonds is 6. The first-order valence-electron chi connectivity index (χ1n) is 14.9. The number of benzene rings is 1. The summed E-state index contributed by atoms with van der Waals surface area (Å²) in [5.74, 6) is 2.78. The minimum absolute atomic E-state index is 0.0230. The van der Waals surface area contributed by atoms with Gasteiger partial charge in [-0.1, -0.05) is 64.5 Å². The lowest BCUT2D eigenvalue weighted by Crippen LogP contribution is -2.50. The molecule has 0 bridgehead atoms. The van der Waals surface area contributed by atoms with Crippen molar-refractivity contribution in [1.82, 2.24) is 0 Å². The number of allylic oxidation sites excluding steroid dienone is 1. The second-order valence-corrected chi connectivity index (χ2v) is 16.3. The van der Waals surface area contributed by atoms with Crippen molar-refractivity contribution in [3.8, 4) is 0 Å². The molecule has 4 heteroatoms. The normalized spacial score (nSPS) is 40.1. The lowest BCUT2D eigenvalue weighted by Gasteiger charge is -2.58. The van der Waals surface area contributed by atoms with E-state index in [4.69, 9.17) is 0 Å². The smallest absolute Gasteiger partial charge is 0.0600 e. The Kier molecular flexibility index (Phi) is 7.61. The number of fused-ring (bicyclic) bond motifs is 5. The van der Waals surface area contributed by atoms with E-state index >= 15 is 0 Å². The van der Waals surface area contributed by atoms with Crippen molar-refractivity contribution in [3.05, 3.63) is 42.0 Å². The van der Waals surface area contributed by atoms with Crippen LogP contribution in [0.15, 0.2) is 46.9 Å². The monoisotopic (exact) mass is 526 g/mol. The molecule has 0 heterocycles. The molecule has 1 aromatic carbocycles. The third kappa shape index (κ3) is 5.05. The molecular weight excluding hydrogens is 476 g/mol. The molecule has 3 saturated carbocycles. The molecule has 0 saturated heterocycles. The maximum absolute atomic E-state index is 13.9. The SMILES string of the molecule is CC(C)(C)C(O)CC(CC1CCC2C3CC=C4CC(O)CCC4(C)C3CCC12C)S(=O)c1ccccc1. The molecule has 5 rings (SSSR count). The van der Waals surface area contributed by atoms with Gasteiger partial charge in [0.25, 0.3) is 0 Å². The van der Waals surface area contributed by atoms with Crippen LogP contribution in [0, 0.1) is 39.9 Å². The highest BCUT2D eigenvalue weighted by Crippen LogP contribution is 2.67. The van der Waals surface area contributed by atoms with Gasteiger partial charge in [-0.2, -0.15) is 0 Å². The second-order valence-electron chi connectivity index (χ2n) is 14.6. The van der Waals surface area contributed by atoms with Gasteiger partial charge < -0.3 is 10.2 Å². The fourth-order valence-electron chi connectivity index (χ4n) is 9.08. The maximum Gasteiger partial charge on any atom is 0.0600 e. The molecule has 1 aromatic rings. The van der Waals surface area contributed by atoms with Crippen LogP contribution in [-0.4, -0.2) is 31.9 Å². The van der Waals surface area contributed by atoms with E-state index in [1.807, 2.05) is 30.3 Å². The lowest BCUT2D eigenvalue weighted by atomic mass is 9.47. The van der Waals surface area contributed by atoms with E-state index in [1.165, 1.54) is 32.1 Å². The van der Waals surface area contributed by atoms with Gasteiger partial charge in [-0.05, 0) is 116 Å². The van der Waals surface area contributed by atoms with Gasteiger partial charge in [-0.25, -0.2) is 0 Å².